The van der Waals surface area contributed by atoms with Crippen LogP contribution in [0.1, 0.15) is 30.7 Å². The lowest BCUT2D eigenvalue weighted by molar-refractivity contribution is -0.148. The fraction of sp³-hybridized carbons (Fsp3) is 0.238. The van der Waals surface area contributed by atoms with Crippen LogP contribution in [-0.4, -0.2) is 18.5 Å². The number of furan rings is 1. The summed E-state index contributed by atoms with van der Waals surface area (Å²) in [5.41, 5.74) is 1.19. The van der Waals surface area contributed by atoms with Crippen LogP contribution in [0.5, 0.6) is 0 Å². The van der Waals surface area contributed by atoms with Crippen LogP contribution < -0.4 is 5.32 Å². The Morgan fingerprint density at radius 1 is 1.15 bits per heavy atom. The average Bonchev–Trinajstić information content (AvgIpc) is 3.10. The van der Waals surface area contributed by atoms with Crippen LogP contribution in [0, 0.1) is 5.82 Å². The van der Waals surface area contributed by atoms with E-state index in [1.54, 1.807) is 25.1 Å². The number of aryl methyl sites for hydroxylation is 1. The lowest BCUT2D eigenvalue weighted by atomic mass is 10.1. The summed E-state index contributed by atoms with van der Waals surface area (Å²) in [5.74, 6) is -0.717. The lowest BCUT2D eigenvalue weighted by Crippen LogP contribution is -2.31. The Balaban J connectivity index is 1.44. The van der Waals surface area contributed by atoms with Gasteiger partial charge in [0.05, 0.1) is 6.04 Å². The van der Waals surface area contributed by atoms with E-state index in [1.807, 2.05) is 30.3 Å². The number of para-hydroxylation sites is 1. The van der Waals surface area contributed by atoms with E-state index in [-0.39, 0.29) is 31.3 Å². The quantitative estimate of drug-likeness (QED) is 0.641. The van der Waals surface area contributed by atoms with E-state index in [0.29, 0.717) is 11.3 Å². The zero-order valence-corrected chi connectivity index (χ0v) is 14.9. The predicted octanol–water partition coefficient (Wildman–Crippen LogP) is 3.93. The van der Waals surface area contributed by atoms with Crippen molar-refractivity contribution in [3.63, 3.8) is 0 Å². The first kappa shape index (κ1) is 18.6. The first-order chi connectivity index (χ1) is 13.0. The van der Waals surface area contributed by atoms with Crippen molar-refractivity contribution < 1.29 is 23.1 Å². The highest BCUT2D eigenvalue weighted by molar-refractivity contribution is 5.81. The number of carbonyl (C=O) groups excluding carboxylic acids is 2. The fourth-order valence-electron chi connectivity index (χ4n) is 2.73. The molecule has 0 aliphatic carbocycles. The number of amides is 1. The first-order valence-corrected chi connectivity index (χ1v) is 8.70. The molecule has 3 aromatic rings. The molecule has 1 atom stereocenters. The maximum atomic E-state index is 13.5. The summed E-state index contributed by atoms with van der Waals surface area (Å²) >= 11 is 0. The van der Waals surface area contributed by atoms with Gasteiger partial charge in [-0.25, -0.2) is 4.39 Å². The van der Waals surface area contributed by atoms with Crippen LogP contribution in [0.15, 0.2) is 59.0 Å². The van der Waals surface area contributed by atoms with Gasteiger partial charge in [0.15, 0.2) is 6.61 Å². The SMILES string of the molecule is C[C@H](NC(=O)COC(=O)CCc1ccccc1F)c1cc2ccccc2o1. The van der Waals surface area contributed by atoms with Gasteiger partial charge in [-0.2, -0.15) is 0 Å². The molecule has 27 heavy (non-hydrogen) atoms. The maximum absolute atomic E-state index is 13.5. The zero-order valence-electron chi connectivity index (χ0n) is 14.9. The van der Waals surface area contributed by atoms with Crippen LogP contribution >= 0.6 is 0 Å². The molecule has 1 aromatic heterocycles. The van der Waals surface area contributed by atoms with Gasteiger partial charge in [-0.3, -0.25) is 9.59 Å². The van der Waals surface area contributed by atoms with E-state index in [9.17, 15) is 14.0 Å². The molecule has 1 N–H and O–H groups in total. The third kappa shape index (κ3) is 4.94. The van der Waals surface area contributed by atoms with E-state index >= 15 is 0 Å². The monoisotopic (exact) mass is 369 g/mol. The predicted molar refractivity (Wildman–Crippen MR) is 98.5 cm³/mol. The smallest absolute Gasteiger partial charge is 0.306 e. The molecule has 3 rings (SSSR count). The minimum absolute atomic E-state index is 0.00728. The maximum Gasteiger partial charge on any atom is 0.306 e. The van der Waals surface area contributed by atoms with Crippen molar-refractivity contribution in [2.24, 2.45) is 0 Å². The number of halogens is 1. The van der Waals surface area contributed by atoms with E-state index in [4.69, 9.17) is 9.15 Å². The Hall–Kier alpha value is -3.15. The van der Waals surface area contributed by atoms with E-state index in [2.05, 4.69) is 5.32 Å². The molecule has 0 spiro atoms. The number of nitrogens with one attached hydrogen (secondary N) is 1. The lowest BCUT2D eigenvalue weighted by Gasteiger charge is -2.11. The molecule has 6 heteroatoms. The topological polar surface area (TPSA) is 68.5 Å². The van der Waals surface area contributed by atoms with E-state index < -0.39 is 11.9 Å². The Bertz CT molecular complexity index is 917. The molecule has 1 amide bonds. The first-order valence-electron chi connectivity index (χ1n) is 8.70. The molecule has 0 aliphatic heterocycles. The molecular weight excluding hydrogens is 349 g/mol. The van der Waals surface area contributed by atoms with Crippen molar-refractivity contribution >= 4 is 22.8 Å². The second-order valence-corrected chi connectivity index (χ2v) is 6.23. The highest BCUT2D eigenvalue weighted by atomic mass is 19.1. The van der Waals surface area contributed by atoms with Crippen molar-refractivity contribution in [1.82, 2.24) is 5.32 Å². The number of rotatable bonds is 7. The molecular formula is C21H20FNO4. The third-order valence-corrected chi connectivity index (χ3v) is 4.17. The highest BCUT2D eigenvalue weighted by Gasteiger charge is 2.15. The Morgan fingerprint density at radius 2 is 1.89 bits per heavy atom. The number of esters is 1. The second-order valence-electron chi connectivity index (χ2n) is 6.23. The van der Waals surface area contributed by atoms with Gasteiger partial charge >= 0.3 is 5.97 Å². The summed E-state index contributed by atoms with van der Waals surface area (Å²) in [4.78, 5) is 23.7. The zero-order chi connectivity index (χ0) is 19.2. The normalized spacial score (nSPS) is 11.9. The second kappa shape index (κ2) is 8.49. The largest absolute Gasteiger partial charge is 0.459 e. The molecule has 2 aromatic carbocycles. The van der Waals surface area contributed by atoms with E-state index in [1.165, 1.54) is 6.07 Å². The molecule has 0 bridgehead atoms. The summed E-state index contributed by atoms with van der Waals surface area (Å²) < 4.78 is 24.2. The molecule has 0 aliphatic rings. The van der Waals surface area contributed by atoms with Crippen molar-refractivity contribution in [3.05, 3.63) is 71.7 Å². The number of carbonyl (C=O) groups is 2. The van der Waals surface area contributed by atoms with Gasteiger partial charge in [0, 0.05) is 11.8 Å². The van der Waals surface area contributed by atoms with Crippen LogP contribution in [0.2, 0.25) is 0 Å². The molecule has 0 saturated heterocycles. The number of ether oxygens (including phenoxy) is 1. The van der Waals surface area contributed by atoms with Gasteiger partial charge in [-0.1, -0.05) is 36.4 Å². The third-order valence-electron chi connectivity index (χ3n) is 4.17. The van der Waals surface area contributed by atoms with Crippen LogP contribution in [0.25, 0.3) is 11.0 Å². The minimum Gasteiger partial charge on any atom is -0.459 e. The summed E-state index contributed by atoms with van der Waals surface area (Å²) in [6.07, 6.45) is 0.232. The Morgan fingerprint density at radius 3 is 2.67 bits per heavy atom. The molecule has 0 fully saturated rings. The number of benzene rings is 2. The number of hydrogen-bond donors (Lipinski definition) is 1. The van der Waals surface area contributed by atoms with Crippen LogP contribution in [0.4, 0.5) is 4.39 Å². The Labute approximate surface area is 156 Å². The van der Waals surface area contributed by atoms with Crippen LogP contribution in [0.3, 0.4) is 0 Å². The highest BCUT2D eigenvalue weighted by Crippen LogP contribution is 2.23. The molecule has 0 unspecified atom stereocenters. The fourth-order valence-corrected chi connectivity index (χ4v) is 2.73. The summed E-state index contributed by atoms with van der Waals surface area (Å²) in [7, 11) is 0. The molecule has 5 nitrogen and oxygen atoms in total. The van der Waals surface area contributed by atoms with Gasteiger partial charge in [0.2, 0.25) is 0 Å². The van der Waals surface area contributed by atoms with Crippen molar-refractivity contribution in [1.29, 1.82) is 0 Å². The van der Waals surface area contributed by atoms with Gasteiger partial charge in [0.25, 0.3) is 5.91 Å². The van der Waals surface area contributed by atoms with Crippen molar-refractivity contribution in [2.75, 3.05) is 6.61 Å². The van der Waals surface area contributed by atoms with Gasteiger partial charge in [-0.15, -0.1) is 0 Å². The molecule has 0 saturated carbocycles. The molecule has 0 radical (unpaired) electrons. The standard InChI is InChI=1S/C21H20FNO4/c1-14(19-12-16-7-3-5-9-18(16)27-19)23-20(24)13-26-21(25)11-10-15-6-2-4-8-17(15)22/h2-9,12,14H,10-11,13H2,1H3,(H,23,24)/t14-/m0/s1. The number of fused-ring (bicyclic) bond motifs is 1. The average molecular weight is 369 g/mol. The molecule has 140 valence electrons. The van der Waals surface area contributed by atoms with Gasteiger partial charge < -0.3 is 14.5 Å². The minimum atomic E-state index is -0.551. The van der Waals surface area contributed by atoms with Gasteiger partial charge in [0.1, 0.15) is 17.2 Å². The molecule has 1 heterocycles. The van der Waals surface area contributed by atoms with Crippen molar-refractivity contribution in [2.45, 2.75) is 25.8 Å². The van der Waals surface area contributed by atoms with Crippen LogP contribution in [-0.2, 0) is 20.7 Å². The Kier molecular flexibility index (Phi) is 5.86. The number of hydrogen-bond acceptors (Lipinski definition) is 4. The summed E-state index contributed by atoms with van der Waals surface area (Å²) in [6.45, 7) is 1.40. The summed E-state index contributed by atoms with van der Waals surface area (Å²) in [6, 6.07) is 15.3. The summed E-state index contributed by atoms with van der Waals surface area (Å²) in [5, 5.41) is 3.68. The van der Waals surface area contributed by atoms with Crippen molar-refractivity contribution in [3.8, 4) is 0 Å². The van der Waals surface area contributed by atoms with E-state index in [0.717, 1.165) is 11.0 Å². The van der Waals surface area contributed by atoms with Gasteiger partial charge in [-0.05, 0) is 37.1 Å².